The number of ether oxygens (including phenoxy) is 3. The van der Waals surface area contributed by atoms with Crippen molar-refractivity contribution < 1.29 is 19.0 Å². The maximum atomic E-state index is 11.9. The number of nitrogens with zero attached hydrogens (tertiary/aromatic N) is 2. The van der Waals surface area contributed by atoms with E-state index in [2.05, 4.69) is 15.5 Å². The number of thiazole rings is 1. The number of halogens is 2. The second-order valence-corrected chi connectivity index (χ2v) is 8.24. The van der Waals surface area contributed by atoms with Gasteiger partial charge in [-0.3, -0.25) is 5.43 Å². The molecule has 0 aliphatic heterocycles. The monoisotopic (exact) mass is 493 g/mol. The number of aromatic nitrogens is 1. The van der Waals surface area contributed by atoms with E-state index in [0.29, 0.717) is 49.4 Å². The molecule has 10 heteroatoms. The van der Waals surface area contributed by atoms with Gasteiger partial charge < -0.3 is 14.2 Å². The molecule has 0 saturated heterocycles. The lowest BCUT2D eigenvalue weighted by Gasteiger charge is -2.13. The van der Waals surface area contributed by atoms with Gasteiger partial charge in [-0.15, -0.1) is 0 Å². The molecule has 2 aromatic carbocycles. The minimum atomic E-state index is -0.391. The van der Waals surface area contributed by atoms with Crippen molar-refractivity contribution in [2.75, 3.05) is 19.1 Å². The molecule has 168 valence electrons. The van der Waals surface area contributed by atoms with Gasteiger partial charge in [0.2, 0.25) is 5.13 Å². The number of hydrogen-bond donors (Lipinski definition) is 1. The van der Waals surface area contributed by atoms with Gasteiger partial charge in [0.15, 0.2) is 11.5 Å². The number of aryl methyl sites for hydroxylation is 1. The van der Waals surface area contributed by atoms with Crippen LogP contribution in [0.4, 0.5) is 5.13 Å². The topological polar surface area (TPSA) is 82.0 Å². The van der Waals surface area contributed by atoms with Crippen LogP contribution in [0.15, 0.2) is 41.5 Å². The third-order valence-electron chi connectivity index (χ3n) is 4.25. The van der Waals surface area contributed by atoms with E-state index in [-0.39, 0.29) is 6.61 Å². The summed E-state index contributed by atoms with van der Waals surface area (Å²) in [4.78, 5) is 16.6. The van der Waals surface area contributed by atoms with E-state index in [1.807, 2.05) is 6.07 Å². The summed E-state index contributed by atoms with van der Waals surface area (Å²) in [5.41, 5.74) is 4.90. The van der Waals surface area contributed by atoms with E-state index in [1.165, 1.54) is 11.3 Å². The van der Waals surface area contributed by atoms with Crippen molar-refractivity contribution in [1.29, 1.82) is 0 Å². The zero-order chi connectivity index (χ0) is 23.1. The Balaban J connectivity index is 1.66. The standard InChI is InChI=1S/C22H21Cl2N3O4S/c1-4-30-21(28)20-13(2)26-22(32-20)27-25-11-14-8-9-18(19(10-14)29-3)31-12-15-16(23)6-5-7-17(15)24/h5-11H,4,12H2,1-3H3,(H,26,27)/b25-11-. The number of hydrazone groups is 1. The molecule has 7 nitrogen and oxygen atoms in total. The number of hydrogen-bond acceptors (Lipinski definition) is 8. The normalized spacial score (nSPS) is 10.9. The summed E-state index contributed by atoms with van der Waals surface area (Å²) in [5, 5.41) is 5.75. The fourth-order valence-electron chi connectivity index (χ4n) is 2.70. The molecule has 1 heterocycles. The molecule has 0 spiro atoms. The number of methoxy groups -OCH3 is 1. The Bertz CT molecular complexity index is 1110. The number of anilines is 1. The van der Waals surface area contributed by atoms with Crippen LogP contribution >= 0.6 is 34.5 Å². The van der Waals surface area contributed by atoms with Gasteiger partial charge >= 0.3 is 5.97 Å². The molecule has 0 unspecified atom stereocenters. The van der Waals surface area contributed by atoms with E-state index in [4.69, 9.17) is 37.4 Å². The Morgan fingerprint density at radius 2 is 1.97 bits per heavy atom. The largest absolute Gasteiger partial charge is 0.493 e. The highest BCUT2D eigenvalue weighted by Gasteiger charge is 2.16. The van der Waals surface area contributed by atoms with Crippen molar-refractivity contribution in [2.24, 2.45) is 5.10 Å². The van der Waals surface area contributed by atoms with Gasteiger partial charge in [0.25, 0.3) is 0 Å². The lowest BCUT2D eigenvalue weighted by Crippen LogP contribution is -2.03. The van der Waals surface area contributed by atoms with Crippen LogP contribution in [0.3, 0.4) is 0 Å². The van der Waals surface area contributed by atoms with E-state index in [1.54, 1.807) is 57.5 Å². The minimum absolute atomic E-state index is 0.204. The van der Waals surface area contributed by atoms with Crippen LogP contribution in [0.25, 0.3) is 0 Å². The van der Waals surface area contributed by atoms with E-state index in [0.717, 1.165) is 5.56 Å². The Kier molecular flexibility index (Phi) is 8.33. The van der Waals surface area contributed by atoms with Gasteiger partial charge in [0.05, 0.1) is 25.6 Å². The molecule has 3 rings (SSSR count). The summed E-state index contributed by atoms with van der Waals surface area (Å²) >= 11 is 13.6. The van der Waals surface area contributed by atoms with Crippen LogP contribution < -0.4 is 14.9 Å². The molecule has 0 radical (unpaired) electrons. The molecule has 0 amide bonds. The highest BCUT2D eigenvalue weighted by Crippen LogP contribution is 2.31. The van der Waals surface area contributed by atoms with Crippen molar-refractivity contribution in [3.63, 3.8) is 0 Å². The van der Waals surface area contributed by atoms with Crippen molar-refractivity contribution in [3.8, 4) is 11.5 Å². The van der Waals surface area contributed by atoms with Gasteiger partial charge in [0, 0.05) is 15.6 Å². The van der Waals surface area contributed by atoms with Gasteiger partial charge in [-0.05, 0) is 49.7 Å². The number of carbonyl (C=O) groups excluding carboxylic acids is 1. The van der Waals surface area contributed by atoms with E-state index >= 15 is 0 Å². The van der Waals surface area contributed by atoms with Crippen LogP contribution in [-0.4, -0.2) is 30.9 Å². The predicted molar refractivity (Wildman–Crippen MR) is 128 cm³/mol. The highest BCUT2D eigenvalue weighted by atomic mass is 35.5. The molecule has 0 fully saturated rings. The first kappa shape index (κ1) is 23.8. The average molecular weight is 494 g/mol. The van der Waals surface area contributed by atoms with Crippen LogP contribution in [0, 0.1) is 6.92 Å². The summed E-state index contributed by atoms with van der Waals surface area (Å²) in [7, 11) is 1.55. The number of benzene rings is 2. The first-order valence-corrected chi connectivity index (χ1v) is 11.2. The first-order valence-electron chi connectivity index (χ1n) is 9.60. The van der Waals surface area contributed by atoms with Crippen LogP contribution in [0.5, 0.6) is 11.5 Å². The lowest BCUT2D eigenvalue weighted by molar-refractivity contribution is 0.0531. The lowest BCUT2D eigenvalue weighted by atomic mass is 10.2. The van der Waals surface area contributed by atoms with Crippen molar-refractivity contribution >= 4 is 51.9 Å². The van der Waals surface area contributed by atoms with Crippen molar-refractivity contribution in [2.45, 2.75) is 20.5 Å². The molecule has 0 aliphatic rings. The quantitative estimate of drug-likeness (QED) is 0.224. The van der Waals surface area contributed by atoms with Gasteiger partial charge in [0.1, 0.15) is 11.5 Å². The molecule has 1 N–H and O–H groups in total. The summed E-state index contributed by atoms with van der Waals surface area (Å²) < 4.78 is 16.3. The SMILES string of the molecule is CCOC(=O)c1sc(N/N=C\c2ccc(OCc3c(Cl)cccc3Cl)c(OC)c2)nc1C. The number of esters is 1. The molecular weight excluding hydrogens is 473 g/mol. The van der Waals surface area contributed by atoms with Crippen molar-refractivity contribution in [3.05, 3.63) is 68.1 Å². The second kappa shape index (κ2) is 11.2. The van der Waals surface area contributed by atoms with Crippen LogP contribution in [0.2, 0.25) is 10.0 Å². The van der Waals surface area contributed by atoms with Crippen LogP contribution in [0.1, 0.15) is 33.4 Å². The Morgan fingerprint density at radius 3 is 2.66 bits per heavy atom. The molecule has 0 atom stereocenters. The summed E-state index contributed by atoms with van der Waals surface area (Å²) in [6, 6.07) is 10.7. The number of rotatable bonds is 9. The molecule has 0 bridgehead atoms. The zero-order valence-corrected chi connectivity index (χ0v) is 20.0. The summed E-state index contributed by atoms with van der Waals surface area (Å²) in [6.07, 6.45) is 1.61. The third-order valence-corrected chi connectivity index (χ3v) is 6.00. The molecular formula is C22H21Cl2N3O4S. The fourth-order valence-corrected chi connectivity index (χ4v) is 4.01. The van der Waals surface area contributed by atoms with Gasteiger partial charge in [-0.25, -0.2) is 9.78 Å². The summed E-state index contributed by atoms with van der Waals surface area (Å²) in [6.45, 7) is 4.02. The maximum Gasteiger partial charge on any atom is 0.350 e. The number of carbonyl (C=O) groups is 1. The molecule has 0 aliphatic carbocycles. The number of nitrogens with one attached hydrogen (secondary N) is 1. The highest BCUT2D eigenvalue weighted by molar-refractivity contribution is 7.17. The first-order chi connectivity index (χ1) is 15.4. The van der Waals surface area contributed by atoms with Crippen molar-refractivity contribution in [1.82, 2.24) is 4.98 Å². The molecule has 32 heavy (non-hydrogen) atoms. The van der Waals surface area contributed by atoms with Gasteiger partial charge in [-0.1, -0.05) is 40.6 Å². The second-order valence-electron chi connectivity index (χ2n) is 6.42. The van der Waals surface area contributed by atoms with E-state index in [9.17, 15) is 4.79 Å². The van der Waals surface area contributed by atoms with Crippen LogP contribution in [-0.2, 0) is 11.3 Å². The zero-order valence-electron chi connectivity index (χ0n) is 17.6. The molecule has 3 aromatic rings. The fraction of sp³-hybridized carbons (Fsp3) is 0.227. The van der Waals surface area contributed by atoms with Gasteiger partial charge in [-0.2, -0.15) is 5.10 Å². The Morgan fingerprint density at radius 1 is 1.22 bits per heavy atom. The maximum absolute atomic E-state index is 11.9. The predicted octanol–water partition coefficient (Wildman–Crippen LogP) is 5.97. The molecule has 0 saturated carbocycles. The smallest absolute Gasteiger partial charge is 0.350 e. The summed E-state index contributed by atoms with van der Waals surface area (Å²) in [5.74, 6) is 0.688. The Hall–Kier alpha value is -2.81. The molecule has 1 aromatic heterocycles. The Labute approximate surface area is 199 Å². The third kappa shape index (κ3) is 5.91. The van der Waals surface area contributed by atoms with E-state index < -0.39 is 5.97 Å². The average Bonchev–Trinajstić information content (AvgIpc) is 3.14. The minimum Gasteiger partial charge on any atom is -0.493 e.